The Balaban J connectivity index is 1.10. The first-order valence-corrected chi connectivity index (χ1v) is 13.1. The zero-order valence-corrected chi connectivity index (χ0v) is 20.3. The van der Waals surface area contributed by atoms with E-state index in [1.54, 1.807) is 4.52 Å². The molecule has 33 heavy (non-hydrogen) atoms. The van der Waals surface area contributed by atoms with Crippen LogP contribution in [0.3, 0.4) is 0 Å². The van der Waals surface area contributed by atoms with Crippen LogP contribution in [0.5, 0.6) is 0 Å². The molecular formula is C24H28N6OS2. The number of aryl methyl sites for hydroxylation is 1. The second-order valence-electron chi connectivity index (χ2n) is 10.2. The highest BCUT2D eigenvalue weighted by molar-refractivity contribution is 7.80. The van der Waals surface area contributed by atoms with E-state index in [1.165, 1.54) is 49.9 Å². The summed E-state index contributed by atoms with van der Waals surface area (Å²) < 4.78 is 1.80. The Morgan fingerprint density at radius 2 is 1.91 bits per heavy atom. The number of aromatic nitrogens is 4. The van der Waals surface area contributed by atoms with E-state index in [-0.39, 0.29) is 11.3 Å². The summed E-state index contributed by atoms with van der Waals surface area (Å²) in [4.78, 5) is 13.7. The maximum Gasteiger partial charge on any atom is 0.234 e. The third-order valence-electron chi connectivity index (χ3n) is 7.69. The number of carbonyl (C=O) groups is 1. The molecule has 0 unspecified atom stereocenters. The Morgan fingerprint density at radius 3 is 2.61 bits per heavy atom. The van der Waals surface area contributed by atoms with Crippen LogP contribution in [0.25, 0.3) is 15.5 Å². The topological polar surface area (TPSA) is 84.2 Å². The number of thiocarbonyl (C=S) groups is 1. The highest BCUT2D eigenvalue weighted by Gasteiger charge is 2.51. The molecule has 0 aliphatic heterocycles. The van der Waals surface area contributed by atoms with Crippen LogP contribution >= 0.6 is 23.6 Å². The molecule has 1 amide bonds. The lowest BCUT2D eigenvalue weighted by molar-refractivity contribution is -0.127. The van der Waals surface area contributed by atoms with Gasteiger partial charge in [-0.1, -0.05) is 30.4 Å². The Morgan fingerprint density at radius 1 is 1.18 bits per heavy atom. The van der Waals surface area contributed by atoms with Gasteiger partial charge in [-0.2, -0.15) is 9.61 Å². The van der Waals surface area contributed by atoms with Crippen LogP contribution < -0.4 is 10.6 Å². The van der Waals surface area contributed by atoms with Crippen molar-refractivity contribution < 1.29 is 4.79 Å². The minimum atomic E-state index is 0.0475. The first kappa shape index (κ1) is 21.2. The molecule has 4 aliphatic rings. The van der Waals surface area contributed by atoms with Crippen molar-refractivity contribution in [2.24, 2.45) is 23.2 Å². The van der Waals surface area contributed by atoms with Gasteiger partial charge in [0, 0.05) is 24.1 Å². The van der Waals surface area contributed by atoms with Gasteiger partial charge >= 0.3 is 0 Å². The molecule has 1 aromatic carbocycles. The fraction of sp³-hybridized carbons (Fsp3) is 0.542. The molecule has 2 N–H and O–H groups in total. The van der Waals surface area contributed by atoms with Crippen molar-refractivity contribution in [2.75, 3.05) is 5.32 Å². The predicted molar refractivity (Wildman–Crippen MR) is 133 cm³/mol. The molecule has 4 saturated carbocycles. The van der Waals surface area contributed by atoms with Crippen LogP contribution in [0, 0.1) is 23.2 Å². The van der Waals surface area contributed by atoms with Crippen molar-refractivity contribution in [3.05, 3.63) is 30.1 Å². The highest BCUT2D eigenvalue weighted by Crippen LogP contribution is 2.61. The van der Waals surface area contributed by atoms with Gasteiger partial charge in [-0.3, -0.25) is 4.79 Å². The monoisotopic (exact) mass is 480 g/mol. The minimum Gasteiger partial charge on any atom is -0.332 e. The average molecular weight is 481 g/mol. The highest BCUT2D eigenvalue weighted by atomic mass is 32.1. The maximum absolute atomic E-state index is 12.9. The van der Waals surface area contributed by atoms with E-state index < -0.39 is 0 Å². The van der Waals surface area contributed by atoms with Gasteiger partial charge in [-0.15, -0.1) is 10.2 Å². The number of rotatable bonds is 5. The van der Waals surface area contributed by atoms with Crippen molar-refractivity contribution in [3.8, 4) is 10.6 Å². The number of anilines is 1. The molecule has 7 nitrogen and oxygen atoms in total. The van der Waals surface area contributed by atoms with Crippen molar-refractivity contribution in [1.29, 1.82) is 0 Å². The summed E-state index contributed by atoms with van der Waals surface area (Å²) >= 11 is 6.98. The molecule has 0 atom stereocenters. The predicted octanol–water partition coefficient (Wildman–Crippen LogP) is 4.83. The van der Waals surface area contributed by atoms with Crippen molar-refractivity contribution in [1.82, 2.24) is 25.1 Å². The molecule has 0 radical (unpaired) electrons. The van der Waals surface area contributed by atoms with E-state index in [0.717, 1.165) is 51.2 Å². The van der Waals surface area contributed by atoms with Gasteiger partial charge < -0.3 is 10.6 Å². The third-order valence-corrected chi connectivity index (χ3v) is 8.84. The molecule has 4 bridgehead atoms. The minimum absolute atomic E-state index is 0.0475. The summed E-state index contributed by atoms with van der Waals surface area (Å²) in [5.74, 6) is 3.43. The average Bonchev–Trinajstić information content (AvgIpc) is 3.33. The standard InChI is InChI=1S/C24H28N6OS2/c1-2-19-27-28-23-30(19)29-21(33-23)17-4-3-5-18(9-17)25-22(32)26-20(31)13-24-10-14-6-15(11-24)8-16(7-14)12-24/h3-5,9,14-16H,2,6-8,10-13H2,1H3,(H2,25,26,31,32). The Bertz CT molecular complexity index is 1200. The van der Waals surface area contributed by atoms with E-state index in [0.29, 0.717) is 11.5 Å². The maximum atomic E-state index is 12.9. The molecule has 7 rings (SSSR count). The van der Waals surface area contributed by atoms with Crippen molar-refractivity contribution in [3.63, 3.8) is 0 Å². The summed E-state index contributed by atoms with van der Waals surface area (Å²) in [6, 6.07) is 7.91. The first-order valence-electron chi connectivity index (χ1n) is 11.9. The zero-order chi connectivity index (χ0) is 22.6. The van der Waals surface area contributed by atoms with E-state index in [1.807, 2.05) is 31.2 Å². The fourth-order valence-electron chi connectivity index (χ4n) is 6.90. The van der Waals surface area contributed by atoms with Crippen LogP contribution in [-0.2, 0) is 11.2 Å². The smallest absolute Gasteiger partial charge is 0.234 e. The molecule has 4 fully saturated rings. The van der Waals surface area contributed by atoms with Gasteiger partial charge in [0.1, 0.15) is 5.01 Å². The number of fused-ring (bicyclic) bond motifs is 1. The summed E-state index contributed by atoms with van der Waals surface area (Å²) in [7, 11) is 0. The van der Waals surface area contributed by atoms with E-state index in [2.05, 4.69) is 25.9 Å². The van der Waals surface area contributed by atoms with Crippen LogP contribution in [0.15, 0.2) is 24.3 Å². The van der Waals surface area contributed by atoms with Gasteiger partial charge in [0.2, 0.25) is 10.9 Å². The second kappa shape index (κ2) is 8.13. The number of nitrogens with zero attached hydrogens (tertiary/aromatic N) is 4. The lowest BCUT2D eigenvalue weighted by Crippen LogP contribution is -2.48. The first-order chi connectivity index (χ1) is 16.0. The molecule has 0 saturated heterocycles. The number of benzene rings is 1. The fourth-order valence-corrected chi connectivity index (χ4v) is 7.99. The molecule has 4 aliphatic carbocycles. The lowest BCUT2D eigenvalue weighted by atomic mass is 9.49. The van der Waals surface area contributed by atoms with E-state index in [4.69, 9.17) is 12.2 Å². The van der Waals surface area contributed by atoms with Gasteiger partial charge in [0.05, 0.1) is 0 Å². The van der Waals surface area contributed by atoms with Gasteiger partial charge in [0.15, 0.2) is 10.9 Å². The molecule has 9 heteroatoms. The molecule has 2 heterocycles. The summed E-state index contributed by atoms with van der Waals surface area (Å²) in [5, 5.41) is 20.4. The summed E-state index contributed by atoms with van der Waals surface area (Å²) in [5.41, 5.74) is 2.01. The number of hydrogen-bond donors (Lipinski definition) is 2. The quantitative estimate of drug-likeness (QED) is 0.509. The molecule has 3 aromatic rings. The summed E-state index contributed by atoms with van der Waals surface area (Å²) in [6.07, 6.45) is 9.22. The Labute approximate surface area is 202 Å². The number of carbonyl (C=O) groups excluding carboxylic acids is 1. The number of hydrogen-bond acceptors (Lipinski definition) is 6. The lowest BCUT2D eigenvalue weighted by Gasteiger charge is -2.56. The van der Waals surface area contributed by atoms with Crippen LogP contribution in [0.4, 0.5) is 5.69 Å². The Hall–Kier alpha value is -2.39. The Kier molecular flexibility index (Phi) is 5.21. The number of nitrogens with one attached hydrogen (secondary N) is 2. The SMILES string of the molecule is CCc1nnc2sc(-c3cccc(NC(=S)NC(=O)CC45CC6CC(CC(C6)C4)C5)c3)nn12. The third kappa shape index (κ3) is 4.05. The van der Waals surface area contributed by atoms with Gasteiger partial charge in [-0.05, 0) is 86.0 Å². The van der Waals surface area contributed by atoms with Crippen molar-refractivity contribution in [2.45, 2.75) is 58.3 Å². The molecule has 172 valence electrons. The normalized spacial score (nSPS) is 27.7. The largest absolute Gasteiger partial charge is 0.332 e. The van der Waals surface area contributed by atoms with E-state index in [9.17, 15) is 4.79 Å². The van der Waals surface area contributed by atoms with Crippen molar-refractivity contribution >= 4 is 45.2 Å². The molecular weight excluding hydrogens is 452 g/mol. The zero-order valence-electron chi connectivity index (χ0n) is 18.7. The van der Waals surface area contributed by atoms with Crippen LogP contribution in [0.1, 0.15) is 57.7 Å². The second-order valence-corrected chi connectivity index (χ2v) is 11.6. The van der Waals surface area contributed by atoms with Crippen LogP contribution in [-0.4, -0.2) is 30.8 Å². The van der Waals surface area contributed by atoms with Gasteiger partial charge in [0.25, 0.3) is 0 Å². The van der Waals surface area contributed by atoms with Crippen LogP contribution in [0.2, 0.25) is 0 Å². The molecule has 2 aromatic heterocycles. The van der Waals surface area contributed by atoms with E-state index >= 15 is 0 Å². The summed E-state index contributed by atoms with van der Waals surface area (Å²) in [6.45, 7) is 2.04. The molecule has 0 spiro atoms. The van der Waals surface area contributed by atoms with Gasteiger partial charge in [-0.25, -0.2) is 0 Å². The number of amides is 1.